The fraction of sp³-hybridized carbons (Fsp3) is 0.215. The van der Waals surface area contributed by atoms with Crippen molar-refractivity contribution in [2.75, 3.05) is 90.7 Å². The highest BCUT2D eigenvalue weighted by molar-refractivity contribution is 9.11. The van der Waals surface area contributed by atoms with E-state index in [9.17, 15) is 15.6 Å². The number of hydrogen-bond donors (Lipinski definition) is 7. The molecule has 26 heteroatoms. The van der Waals surface area contributed by atoms with Gasteiger partial charge >= 0.3 is 17.5 Å². The number of morpholine rings is 1. The summed E-state index contributed by atoms with van der Waals surface area (Å²) in [4.78, 5) is 18.6. The largest absolute Gasteiger partial charge is 0.381 e. The summed E-state index contributed by atoms with van der Waals surface area (Å²) in [5.41, 5.74) is 10.7. The molecule has 2 aliphatic rings. The van der Waals surface area contributed by atoms with Crippen molar-refractivity contribution < 1.29 is 39.3 Å². The number of fused-ring (bicyclic) bond motifs is 3. The number of nitrogens with one attached hydrogen (secondary N) is 4. The van der Waals surface area contributed by atoms with Crippen LogP contribution in [0.15, 0.2) is 196 Å². The number of methoxy groups -OCH3 is 1. The lowest BCUT2D eigenvalue weighted by Gasteiger charge is -2.22. The van der Waals surface area contributed by atoms with Crippen LogP contribution in [0.5, 0.6) is 0 Å². The number of aromatic nitrogens is 12. The van der Waals surface area contributed by atoms with Crippen LogP contribution >= 0.6 is 47.8 Å². The molecule has 2 fully saturated rings. The molecular formula is C65H66Br3N18O5+3. The minimum atomic E-state index is 0.504. The molecule has 14 rings (SSSR count). The summed E-state index contributed by atoms with van der Waals surface area (Å²) < 4.78 is 21.7. The zero-order valence-electron chi connectivity index (χ0n) is 49.6. The molecule has 91 heavy (non-hydrogen) atoms. The Labute approximate surface area is 549 Å². The van der Waals surface area contributed by atoms with Gasteiger partial charge in [0.05, 0.1) is 82.0 Å². The van der Waals surface area contributed by atoms with E-state index in [1.165, 1.54) is 22.3 Å². The summed E-state index contributed by atoms with van der Waals surface area (Å²) in [5.74, 6) is 4.65. The van der Waals surface area contributed by atoms with Crippen molar-refractivity contribution in [3.8, 4) is 33.8 Å². The van der Waals surface area contributed by atoms with Crippen molar-refractivity contribution in [3.63, 3.8) is 0 Å². The number of rotatable bonds is 18. The highest BCUT2D eigenvalue weighted by Crippen LogP contribution is 2.30. The fourth-order valence-corrected chi connectivity index (χ4v) is 11.6. The molecule has 0 spiro atoms. The van der Waals surface area contributed by atoms with Crippen LogP contribution in [0.25, 0.3) is 50.7 Å². The van der Waals surface area contributed by atoms with Crippen molar-refractivity contribution in [2.24, 2.45) is 0 Å². The van der Waals surface area contributed by atoms with E-state index in [4.69, 9.17) is 24.4 Å². The lowest BCUT2D eigenvalue weighted by atomic mass is 10.1. The van der Waals surface area contributed by atoms with E-state index in [0.29, 0.717) is 51.8 Å². The number of ether oxygens (including phenoxy) is 2. The first-order valence-corrected chi connectivity index (χ1v) is 31.9. The van der Waals surface area contributed by atoms with Crippen LogP contribution in [0, 0.1) is 0 Å². The van der Waals surface area contributed by atoms with Gasteiger partial charge in [-0.2, -0.15) is 28.8 Å². The maximum Gasteiger partial charge on any atom is 0.316 e. The third-order valence-corrected chi connectivity index (χ3v) is 16.9. The van der Waals surface area contributed by atoms with E-state index in [1.807, 2.05) is 146 Å². The maximum absolute atomic E-state index is 10.5. The summed E-state index contributed by atoms with van der Waals surface area (Å²) in [6.07, 6.45) is 12.7. The second-order valence-corrected chi connectivity index (χ2v) is 23.9. The molecule has 0 bridgehead atoms. The highest BCUT2D eigenvalue weighted by Gasteiger charge is 2.25. The second-order valence-electron chi connectivity index (χ2n) is 21.4. The predicted octanol–water partition coefficient (Wildman–Crippen LogP) is 10.4. The van der Waals surface area contributed by atoms with E-state index in [0.717, 1.165) is 141 Å². The number of benzene rings is 3. The molecule has 3 aromatic carbocycles. The van der Waals surface area contributed by atoms with Gasteiger partial charge in [-0.05, 0) is 78.8 Å². The molecule has 7 N–H and O–H groups in total. The Morgan fingerprint density at radius 3 is 1.22 bits per heavy atom. The van der Waals surface area contributed by atoms with Crippen LogP contribution in [-0.4, -0.2) is 119 Å². The zero-order chi connectivity index (χ0) is 62.6. The van der Waals surface area contributed by atoms with E-state index < -0.39 is 0 Å². The van der Waals surface area contributed by atoms with Gasteiger partial charge in [0, 0.05) is 96.5 Å². The van der Waals surface area contributed by atoms with Gasteiger partial charge in [0.1, 0.15) is 55.7 Å². The molecule has 23 nitrogen and oxygen atoms in total. The number of pyridine rings is 3. The molecule has 0 saturated carbocycles. The van der Waals surface area contributed by atoms with Crippen LogP contribution in [-0.2, 0) is 29.1 Å². The van der Waals surface area contributed by atoms with Crippen LogP contribution in [0.4, 0.5) is 34.9 Å². The fourth-order valence-electron chi connectivity index (χ4n) is 10.6. The summed E-state index contributed by atoms with van der Waals surface area (Å²) in [5, 5.41) is 57.8. The van der Waals surface area contributed by atoms with E-state index in [1.54, 1.807) is 57.8 Å². The molecule has 2 saturated heterocycles. The lowest BCUT2D eigenvalue weighted by molar-refractivity contribution is -0.894. The van der Waals surface area contributed by atoms with E-state index in [2.05, 4.69) is 94.2 Å². The van der Waals surface area contributed by atoms with Crippen molar-refractivity contribution in [1.82, 2.24) is 43.8 Å². The van der Waals surface area contributed by atoms with Crippen molar-refractivity contribution >= 4 is 99.6 Å². The zero-order valence-corrected chi connectivity index (χ0v) is 54.3. The average molecular weight is 1420 g/mol. The summed E-state index contributed by atoms with van der Waals surface area (Å²) in [6.45, 7) is 7.60. The van der Waals surface area contributed by atoms with Crippen LogP contribution in [0.1, 0.15) is 29.5 Å². The van der Waals surface area contributed by atoms with Crippen LogP contribution in [0.2, 0.25) is 0 Å². The Morgan fingerprint density at radius 2 is 0.846 bits per heavy atom. The van der Waals surface area contributed by atoms with E-state index >= 15 is 0 Å². The van der Waals surface area contributed by atoms with Crippen LogP contribution < -0.4 is 45.3 Å². The predicted molar refractivity (Wildman–Crippen MR) is 357 cm³/mol. The van der Waals surface area contributed by atoms with Crippen molar-refractivity contribution in [2.45, 2.75) is 32.5 Å². The lowest BCUT2D eigenvalue weighted by Crippen LogP contribution is -2.45. The van der Waals surface area contributed by atoms with Gasteiger partial charge < -0.3 is 41.0 Å². The highest BCUT2D eigenvalue weighted by atomic mass is 79.9. The molecule has 2 aliphatic heterocycles. The van der Waals surface area contributed by atoms with Gasteiger partial charge in [0.2, 0.25) is 0 Å². The molecule has 0 amide bonds. The van der Waals surface area contributed by atoms with Gasteiger partial charge in [-0.1, -0.05) is 105 Å². The van der Waals surface area contributed by atoms with Gasteiger partial charge in [0.15, 0.2) is 16.9 Å². The Kier molecular flexibility index (Phi) is 19.7. The summed E-state index contributed by atoms with van der Waals surface area (Å²) in [6, 6.07) is 47.8. The first-order valence-electron chi connectivity index (χ1n) is 29.6. The smallest absolute Gasteiger partial charge is 0.316 e. The van der Waals surface area contributed by atoms with Gasteiger partial charge in [-0.25, -0.2) is 15.0 Å². The second kappa shape index (κ2) is 29.0. The summed E-state index contributed by atoms with van der Waals surface area (Å²) in [7, 11) is 1.64. The monoisotopic (exact) mass is 1420 g/mol. The molecule has 0 aliphatic carbocycles. The molecule has 0 unspecified atom stereocenters. The molecular weight excluding hydrogens is 1350 g/mol. The molecule has 11 heterocycles. The van der Waals surface area contributed by atoms with Crippen molar-refractivity contribution in [3.05, 3.63) is 213 Å². The van der Waals surface area contributed by atoms with Crippen LogP contribution in [0.3, 0.4) is 0 Å². The van der Waals surface area contributed by atoms with Gasteiger partial charge in [-0.15, -0.1) is 0 Å². The maximum atomic E-state index is 10.5. The molecule has 0 radical (unpaired) electrons. The minimum absolute atomic E-state index is 0.504. The normalized spacial score (nSPS) is 13.0. The first-order chi connectivity index (χ1) is 44.5. The topological polar surface area (TPSA) is 236 Å². The first kappa shape index (κ1) is 61.8. The standard InChI is InChI=1S/C22H22BrN6O2.C22H22BrN6O.C21H21BrN6O2/c23-18-14-25-29-20(12-19(26-22(18)29)17-4-2-1-3-5-17)24-13-16-6-7-21(28(30)15-16)27-8-10-31-11-9-27;23-18-14-25-29-20(12-19(26-22(18)29)17-6-2-1-3-7-17)24-13-16-8-9-21(28(30)15-16)27-10-4-5-11-27;1-30-10-9-23-19-8-7-15(14-27(19)29)12-24-20-11-18(16-5-3-2-4-6-16)26-21-17(22)13-25-28(20)21/h1-7,12,14-15,24,30H,8-11,13H2;1-3,6-9,12,14-15,24,30H,4-5,10-11,13H2;2-8,11,13-14,29H,9-10,12H2,1H3,(H,24,25,26)/q2*+1;/p+1. The molecule has 12 aromatic rings. The number of anilines is 6. The Morgan fingerprint density at radius 1 is 0.473 bits per heavy atom. The Bertz CT molecular complexity index is 4440. The summed E-state index contributed by atoms with van der Waals surface area (Å²) >= 11 is 10.6. The quantitative estimate of drug-likeness (QED) is 0.0240. The molecule has 464 valence electrons. The van der Waals surface area contributed by atoms with Gasteiger partial charge in [-0.3, -0.25) is 15.1 Å². The molecule has 0 atom stereocenters. The van der Waals surface area contributed by atoms with E-state index in [-0.39, 0.29) is 0 Å². The number of halogens is 3. The van der Waals surface area contributed by atoms with Crippen molar-refractivity contribution in [1.29, 1.82) is 0 Å². The third-order valence-electron chi connectivity index (χ3n) is 15.2. The average Bonchev–Trinajstić information content (AvgIpc) is 1.81. The minimum Gasteiger partial charge on any atom is -0.381 e. The van der Waals surface area contributed by atoms with Gasteiger partial charge in [0.25, 0.3) is 0 Å². The SMILES string of the molecule is COCCNc1ccc(CNc2cc(-c3ccccc3)nc3c(Br)cnn23)c[n+]1O.O[n+]1cc(CNc2cc(-c3ccccc3)nc3c(Br)cnn23)ccc1N1CCCC1.O[n+]1cc(CNc2cc(-c3ccccc3)nc3c(Br)cnn23)ccc1N1CCOCC1. The Hall–Kier alpha value is -9.47. The Balaban J connectivity index is 0.000000132. The number of hydrogen-bond acceptors (Lipinski definition) is 17. The third kappa shape index (κ3) is 14.7. The number of nitrogens with zero attached hydrogens (tertiary/aromatic N) is 14. The molecule has 9 aromatic heterocycles.